The van der Waals surface area contributed by atoms with Crippen molar-refractivity contribution in [1.82, 2.24) is 0 Å². The molecule has 0 saturated heterocycles. The van der Waals surface area contributed by atoms with Gasteiger partial charge in [-0.1, -0.05) is 177 Å². The highest BCUT2D eigenvalue weighted by Gasteiger charge is 2.28. The zero-order chi connectivity index (χ0) is 40.1. The largest absolute Gasteiger partial charge is 0.338 e. The monoisotopic (exact) mass is 766 g/mol. The fourth-order valence-corrected chi connectivity index (χ4v) is 8.45. The molecule has 0 radical (unpaired) electrons. The van der Waals surface area contributed by atoms with Gasteiger partial charge in [-0.25, -0.2) is 0 Å². The van der Waals surface area contributed by atoms with Crippen molar-refractivity contribution in [3.63, 3.8) is 0 Å². The Balaban J connectivity index is 0.932. The van der Waals surface area contributed by atoms with Gasteiger partial charge in [-0.3, -0.25) is 0 Å². The maximum absolute atomic E-state index is 2.58. The van der Waals surface area contributed by atoms with Crippen LogP contribution in [0.25, 0.3) is 18.2 Å². The van der Waals surface area contributed by atoms with E-state index < -0.39 is 0 Å². The van der Waals surface area contributed by atoms with E-state index >= 15 is 0 Å². The molecule has 0 N–H and O–H groups in total. The molecule has 292 valence electrons. The van der Waals surface area contributed by atoms with Crippen LogP contribution in [0.1, 0.15) is 78.7 Å². The van der Waals surface area contributed by atoms with Gasteiger partial charge in [0.1, 0.15) is 0 Å². The van der Waals surface area contributed by atoms with Gasteiger partial charge in [0.05, 0.1) is 0 Å². The zero-order valence-corrected chi connectivity index (χ0v) is 34.1. The molecule has 2 nitrogen and oxygen atoms in total. The summed E-state index contributed by atoms with van der Waals surface area (Å²) in [6, 6.07) is 70.7. The van der Waals surface area contributed by atoms with Crippen molar-refractivity contribution >= 4 is 46.7 Å². The second kappa shape index (κ2) is 19.7. The molecule has 59 heavy (non-hydrogen) atoms. The van der Waals surface area contributed by atoms with Crippen LogP contribution in [-0.2, 0) is 0 Å². The summed E-state index contributed by atoms with van der Waals surface area (Å²) in [4.78, 5) is 4.96. The molecule has 1 unspecified atom stereocenters. The van der Waals surface area contributed by atoms with Crippen molar-refractivity contribution < 1.29 is 0 Å². The van der Waals surface area contributed by atoms with Crippen LogP contribution >= 0.6 is 0 Å². The van der Waals surface area contributed by atoms with Crippen LogP contribution in [0.2, 0.25) is 0 Å². The number of hydrogen-bond acceptors (Lipinski definition) is 2. The highest BCUT2D eigenvalue weighted by Crippen LogP contribution is 2.41. The van der Waals surface area contributed by atoms with Crippen molar-refractivity contribution in [2.45, 2.75) is 56.9 Å². The number of rotatable bonds is 14. The maximum atomic E-state index is 2.58. The lowest BCUT2D eigenvalue weighted by molar-refractivity contribution is 0.392. The number of allylic oxidation sites excluding steroid dienone is 3. The molecule has 7 aromatic rings. The summed E-state index contributed by atoms with van der Waals surface area (Å²) in [5.41, 5.74) is 12.5. The molecular weight excluding hydrogens is 713 g/mol. The summed E-state index contributed by atoms with van der Waals surface area (Å²) < 4.78 is 0. The summed E-state index contributed by atoms with van der Waals surface area (Å²) in [7, 11) is 0. The SMILES string of the molecule is CC(C/C=C/c1ccccc1)c1ccc(N(c2ccccc2)c2ccc(C3CCC(N(c4ccccc4)c4ccc(/C=C/C=C/c5ccccc5)cc4)CC3)cc2)cc1. The lowest BCUT2D eigenvalue weighted by Gasteiger charge is -2.39. The summed E-state index contributed by atoms with van der Waals surface area (Å²) >= 11 is 0. The van der Waals surface area contributed by atoms with Crippen LogP contribution in [0, 0.1) is 0 Å². The summed E-state index contributed by atoms with van der Waals surface area (Å²) in [6.07, 6.45) is 18.7. The summed E-state index contributed by atoms with van der Waals surface area (Å²) in [6.45, 7) is 2.31. The van der Waals surface area contributed by atoms with Gasteiger partial charge < -0.3 is 9.80 Å². The third-order valence-corrected chi connectivity index (χ3v) is 11.7. The molecule has 0 aromatic heterocycles. The topological polar surface area (TPSA) is 6.48 Å². The van der Waals surface area contributed by atoms with Crippen molar-refractivity contribution in [2.24, 2.45) is 0 Å². The van der Waals surface area contributed by atoms with Crippen LogP contribution in [0.15, 0.2) is 212 Å². The van der Waals surface area contributed by atoms with Crippen LogP contribution in [0.4, 0.5) is 28.4 Å². The molecule has 1 aliphatic rings. The quantitative estimate of drug-likeness (QED) is 0.102. The van der Waals surface area contributed by atoms with Crippen LogP contribution < -0.4 is 9.80 Å². The molecule has 1 aliphatic carbocycles. The Labute approximate surface area is 352 Å². The normalized spacial score (nSPS) is 16.1. The predicted molar refractivity (Wildman–Crippen MR) is 254 cm³/mol. The molecule has 1 saturated carbocycles. The van der Waals surface area contributed by atoms with Crippen LogP contribution in [-0.4, -0.2) is 6.04 Å². The molecule has 2 heteroatoms. The molecule has 7 aromatic carbocycles. The minimum absolute atomic E-state index is 0.435. The molecule has 0 heterocycles. The first-order chi connectivity index (χ1) is 29.2. The molecule has 8 rings (SSSR count). The third kappa shape index (κ3) is 10.3. The number of hydrogen-bond donors (Lipinski definition) is 0. The number of benzene rings is 7. The van der Waals surface area contributed by atoms with E-state index in [1.165, 1.54) is 63.4 Å². The van der Waals surface area contributed by atoms with E-state index in [1.807, 2.05) is 6.07 Å². The van der Waals surface area contributed by atoms with Crippen molar-refractivity contribution in [3.8, 4) is 0 Å². The average molecular weight is 767 g/mol. The van der Waals surface area contributed by atoms with E-state index in [2.05, 4.69) is 241 Å². The molecule has 0 spiro atoms. The lowest BCUT2D eigenvalue weighted by Crippen LogP contribution is -2.34. The van der Waals surface area contributed by atoms with E-state index in [9.17, 15) is 0 Å². The van der Waals surface area contributed by atoms with Gasteiger partial charge in [0.2, 0.25) is 0 Å². The second-order valence-corrected chi connectivity index (χ2v) is 15.7. The van der Waals surface area contributed by atoms with Crippen molar-refractivity contribution in [2.75, 3.05) is 9.80 Å². The van der Waals surface area contributed by atoms with Gasteiger partial charge in [-0.05, 0) is 132 Å². The molecule has 0 aliphatic heterocycles. The number of anilines is 5. The highest BCUT2D eigenvalue weighted by molar-refractivity contribution is 5.76. The Morgan fingerprint density at radius 2 is 0.864 bits per heavy atom. The molecule has 0 amide bonds. The predicted octanol–water partition coefficient (Wildman–Crippen LogP) is 16.0. The number of nitrogens with zero attached hydrogens (tertiary/aromatic N) is 2. The van der Waals surface area contributed by atoms with Crippen LogP contribution in [0.3, 0.4) is 0 Å². The molecule has 0 bridgehead atoms. The van der Waals surface area contributed by atoms with Gasteiger partial charge in [0, 0.05) is 34.5 Å². The van der Waals surface area contributed by atoms with Crippen molar-refractivity contribution in [1.29, 1.82) is 0 Å². The first kappa shape index (κ1) is 39.2. The fraction of sp³-hybridized carbons (Fsp3) is 0.158. The van der Waals surface area contributed by atoms with E-state index in [4.69, 9.17) is 0 Å². The van der Waals surface area contributed by atoms with Crippen LogP contribution in [0.5, 0.6) is 0 Å². The van der Waals surface area contributed by atoms with E-state index in [0.717, 1.165) is 24.9 Å². The maximum Gasteiger partial charge on any atom is 0.0461 e. The Kier molecular flexibility index (Phi) is 13.1. The Morgan fingerprint density at radius 1 is 0.441 bits per heavy atom. The number of para-hydroxylation sites is 2. The Hall–Kier alpha value is -6.64. The summed E-state index contributed by atoms with van der Waals surface area (Å²) in [5.74, 6) is 0.987. The third-order valence-electron chi connectivity index (χ3n) is 11.7. The molecule has 1 atom stereocenters. The zero-order valence-electron chi connectivity index (χ0n) is 34.1. The van der Waals surface area contributed by atoms with Gasteiger partial charge in [-0.2, -0.15) is 0 Å². The average Bonchev–Trinajstić information content (AvgIpc) is 3.31. The highest BCUT2D eigenvalue weighted by atomic mass is 15.2. The van der Waals surface area contributed by atoms with Gasteiger partial charge >= 0.3 is 0 Å². The summed E-state index contributed by atoms with van der Waals surface area (Å²) in [5, 5.41) is 0. The van der Waals surface area contributed by atoms with E-state index in [0.29, 0.717) is 17.9 Å². The first-order valence-electron chi connectivity index (χ1n) is 21.3. The standard InChI is InChI=1S/C57H54N2/c1-45(17-16-24-47-20-8-3-9-21-47)49-31-39-55(40-32-49)59(53-27-12-5-13-28-53)57-43-35-51(36-44-57)50-33-41-56(42-34-50)58(52-25-10-4-11-26-52)54-37-29-48(30-38-54)23-15-14-22-46-18-6-2-7-19-46/h2-16,18-32,35-40,43-45,50,56H,17,33-34,41-42H2,1H3/b22-14+,23-15+,24-16+. The van der Waals surface area contributed by atoms with E-state index in [1.54, 1.807) is 0 Å². The second-order valence-electron chi connectivity index (χ2n) is 15.7. The van der Waals surface area contributed by atoms with Crippen molar-refractivity contribution in [3.05, 3.63) is 240 Å². The van der Waals surface area contributed by atoms with E-state index in [-0.39, 0.29) is 0 Å². The van der Waals surface area contributed by atoms with Gasteiger partial charge in [0.15, 0.2) is 0 Å². The van der Waals surface area contributed by atoms with Gasteiger partial charge in [0.25, 0.3) is 0 Å². The Bertz CT molecular complexity index is 2390. The Morgan fingerprint density at radius 3 is 1.42 bits per heavy atom. The molecule has 1 fully saturated rings. The first-order valence-corrected chi connectivity index (χ1v) is 21.3. The molecular formula is C57H54N2. The lowest BCUT2D eigenvalue weighted by atomic mass is 9.81. The smallest absolute Gasteiger partial charge is 0.0461 e. The minimum Gasteiger partial charge on any atom is -0.338 e. The minimum atomic E-state index is 0.435. The fourth-order valence-electron chi connectivity index (χ4n) is 8.45. The van der Waals surface area contributed by atoms with Gasteiger partial charge in [-0.15, -0.1) is 0 Å².